The van der Waals surface area contributed by atoms with E-state index in [-0.39, 0.29) is 0 Å². The summed E-state index contributed by atoms with van der Waals surface area (Å²) < 4.78 is 0. The first kappa shape index (κ1) is 11.2. The van der Waals surface area contributed by atoms with Crippen molar-refractivity contribution in [3.05, 3.63) is 34.9 Å². The molecule has 0 spiro atoms. The predicted molar refractivity (Wildman–Crippen MR) is 59.1 cm³/mol. The Kier molecular flexibility index (Phi) is 2.98. The summed E-state index contributed by atoms with van der Waals surface area (Å²) in [6.07, 6.45) is -0.610. The van der Waals surface area contributed by atoms with Gasteiger partial charge in [0.15, 0.2) is 0 Å². The van der Waals surface area contributed by atoms with Crippen molar-refractivity contribution < 1.29 is 5.11 Å². The Labute approximate surface area is 85.8 Å². The van der Waals surface area contributed by atoms with Crippen molar-refractivity contribution in [3.8, 4) is 0 Å². The van der Waals surface area contributed by atoms with Gasteiger partial charge in [-0.05, 0) is 33.3 Å². The molecule has 78 valence electrons. The maximum atomic E-state index is 9.98. The van der Waals surface area contributed by atoms with Crippen molar-refractivity contribution in [1.82, 2.24) is 0 Å². The molecule has 14 heavy (non-hydrogen) atoms. The van der Waals surface area contributed by atoms with Crippen LogP contribution in [0.1, 0.15) is 36.6 Å². The molecule has 0 aliphatic heterocycles. The van der Waals surface area contributed by atoms with E-state index < -0.39 is 11.6 Å². The minimum absolute atomic E-state index is 0.597. The highest BCUT2D eigenvalue weighted by molar-refractivity contribution is 5.31. The molecule has 0 aliphatic rings. The number of aliphatic hydroxyl groups is 1. The molecule has 2 nitrogen and oxygen atoms in total. The quantitative estimate of drug-likeness (QED) is 0.755. The van der Waals surface area contributed by atoms with Gasteiger partial charge in [0.05, 0.1) is 6.10 Å². The van der Waals surface area contributed by atoms with Gasteiger partial charge in [0, 0.05) is 5.54 Å². The van der Waals surface area contributed by atoms with Gasteiger partial charge in [0.1, 0.15) is 0 Å². The summed E-state index contributed by atoms with van der Waals surface area (Å²) in [5.41, 5.74) is 8.47. The molecule has 0 radical (unpaired) electrons. The van der Waals surface area contributed by atoms with Crippen molar-refractivity contribution in [2.24, 2.45) is 5.73 Å². The average Bonchev–Trinajstić information content (AvgIpc) is 1.99. The van der Waals surface area contributed by atoms with E-state index in [0.29, 0.717) is 0 Å². The fourth-order valence-corrected chi connectivity index (χ4v) is 1.60. The highest BCUT2D eigenvalue weighted by atomic mass is 16.3. The number of nitrogens with two attached hydrogens (primary N) is 1. The largest absolute Gasteiger partial charge is 0.387 e. The van der Waals surface area contributed by atoms with E-state index in [9.17, 15) is 5.11 Å². The third kappa shape index (κ3) is 2.56. The van der Waals surface area contributed by atoms with Gasteiger partial charge < -0.3 is 10.8 Å². The van der Waals surface area contributed by atoms with Gasteiger partial charge in [-0.2, -0.15) is 0 Å². The number of hydrogen-bond donors (Lipinski definition) is 2. The molecular weight excluding hydrogens is 174 g/mol. The summed E-state index contributed by atoms with van der Waals surface area (Å²) in [5, 5.41) is 9.98. The molecule has 0 aromatic heterocycles. The van der Waals surface area contributed by atoms with Crippen LogP contribution in [0.2, 0.25) is 0 Å². The lowest BCUT2D eigenvalue weighted by Gasteiger charge is -2.26. The summed E-state index contributed by atoms with van der Waals surface area (Å²) in [5.74, 6) is 0. The summed E-state index contributed by atoms with van der Waals surface area (Å²) in [6, 6.07) is 6.04. The Morgan fingerprint density at radius 1 is 1.14 bits per heavy atom. The van der Waals surface area contributed by atoms with Crippen LogP contribution in [-0.2, 0) is 0 Å². The van der Waals surface area contributed by atoms with E-state index in [2.05, 4.69) is 6.07 Å². The van der Waals surface area contributed by atoms with Crippen molar-refractivity contribution in [3.63, 3.8) is 0 Å². The van der Waals surface area contributed by atoms with E-state index in [4.69, 9.17) is 5.73 Å². The van der Waals surface area contributed by atoms with E-state index in [1.165, 1.54) is 0 Å². The Morgan fingerprint density at radius 3 is 1.93 bits per heavy atom. The SMILES string of the molecule is Cc1cc(C)cc(C(O)C(C)(C)N)c1. The van der Waals surface area contributed by atoms with Gasteiger partial charge in [-0.3, -0.25) is 0 Å². The minimum atomic E-state index is -0.610. The van der Waals surface area contributed by atoms with E-state index in [1.807, 2.05) is 39.8 Å². The number of rotatable bonds is 2. The second-order valence-electron chi connectivity index (χ2n) is 4.64. The highest BCUT2D eigenvalue weighted by Gasteiger charge is 2.24. The van der Waals surface area contributed by atoms with Gasteiger partial charge >= 0.3 is 0 Å². The van der Waals surface area contributed by atoms with Crippen LogP contribution >= 0.6 is 0 Å². The minimum Gasteiger partial charge on any atom is -0.387 e. The standard InChI is InChI=1S/C12H19NO/c1-8-5-9(2)7-10(6-8)11(14)12(3,4)13/h5-7,11,14H,13H2,1-4H3. The van der Waals surface area contributed by atoms with Crippen LogP contribution < -0.4 is 5.73 Å². The van der Waals surface area contributed by atoms with Gasteiger partial charge in [-0.1, -0.05) is 29.3 Å². The number of benzene rings is 1. The Hall–Kier alpha value is -0.860. The Bertz CT molecular complexity index is 305. The molecule has 0 heterocycles. The molecule has 2 heteroatoms. The first-order valence-electron chi connectivity index (χ1n) is 4.86. The number of aryl methyl sites for hydroxylation is 2. The third-order valence-electron chi connectivity index (χ3n) is 2.26. The molecule has 0 bridgehead atoms. The van der Waals surface area contributed by atoms with Crippen LogP contribution in [0, 0.1) is 13.8 Å². The normalized spacial score (nSPS) is 14.1. The summed E-state index contributed by atoms with van der Waals surface area (Å²) in [7, 11) is 0. The third-order valence-corrected chi connectivity index (χ3v) is 2.26. The second-order valence-corrected chi connectivity index (χ2v) is 4.64. The topological polar surface area (TPSA) is 46.2 Å². The summed E-state index contributed by atoms with van der Waals surface area (Å²) in [6.45, 7) is 7.70. The highest BCUT2D eigenvalue weighted by Crippen LogP contribution is 2.24. The molecule has 1 aromatic carbocycles. The van der Waals surface area contributed by atoms with Gasteiger partial charge in [-0.15, -0.1) is 0 Å². The lowest BCUT2D eigenvalue weighted by atomic mass is 9.91. The molecule has 0 fully saturated rings. The molecule has 0 saturated carbocycles. The van der Waals surface area contributed by atoms with Crippen molar-refractivity contribution in [2.75, 3.05) is 0 Å². The smallest absolute Gasteiger partial charge is 0.0964 e. The predicted octanol–water partition coefficient (Wildman–Crippen LogP) is 2.07. The van der Waals surface area contributed by atoms with Gasteiger partial charge in [-0.25, -0.2) is 0 Å². The molecular formula is C12H19NO. The molecule has 0 aliphatic carbocycles. The maximum Gasteiger partial charge on any atom is 0.0964 e. The Balaban J connectivity index is 3.07. The van der Waals surface area contributed by atoms with Crippen LogP contribution in [0.3, 0.4) is 0 Å². The zero-order valence-corrected chi connectivity index (χ0v) is 9.33. The first-order chi connectivity index (χ1) is 6.30. The molecule has 1 atom stereocenters. The van der Waals surface area contributed by atoms with Crippen LogP contribution in [-0.4, -0.2) is 10.6 Å². The molecule has 0 saturated heterocycles. The zero-order chi connectivity index (χ0) is 10.9. The Morgan fingerprint density at radius 2 is 1.57 bits per heavy atom. The van der Waals surface area contributed by atoms with E-state index in [1.54, 1.807) is 0 Å². The molecule has 1 unspecified atom stereocenters. The molecule has 0 amide bonds. The van der Waals surface area contributed by atoms with E-state index >= 15 is 0 Å². The first-order valence-corrected chi connectivity index (χ1v) is 4.86. The zero-order valence-electron chi connectivity index (χ0n) is 9.33. The number of hydrogen-bond acceptors (Lipinski definition) is 2. The lowest BCUT2D eigenvalue weighted by Crippen LogP contribution is -2.39. The summed E-state index contributed by atoms with van der Waals surface area (Å²) >= 11 is 0. The second kappa shape index (κ2) is 3.71. The number of aliphatic hydroxyl groups excluding tert-OH is 1. The monoisotopic (exact) mass is 193 g/mol. The summed E-state index contributed by atoms with van der Waals surface area (Å²) in [4.78, 5) is 0. The van der Waals surface area contributed by atoms with Crippen LogP contribution in [0.15, 0.2) is 18.2 Å². The van der Waals surface area contributed by atoms with Crippen LogP contribution in [0.25, 0.3) is 0 Å². The van der Waals surface area contributed by atoms with Crippen LogP contribution in [0.4, 0.5) is 0 Å². The molecule has 1 aromatic rings. The lowest BCUT2D eigenvalue weighted by molar-refractivity contribution is 0.104. The average molecular weight is 193 g/mol. The van der Waals surface area contributed by atoms with Crippen molar-refractivity contribution in [1.29, 1.82) is 0 Å². The van der Waals surface area contributed by atoms with E-state index in [0.717, 1.165) is 16.7 Å². The van der Waals surface area contributed by atoms with Gasteiger partial charge in [0.25, 0.3) is 0 Å². The molecule has 1 rings (SSSR count). The van der Waals surface area contributed by atoms with Crippen LogP contribution in [0.5, 0.6) is 0 Å². The van der Waals surface area contributed by atoms with Crippen molar-refractivity contribution in [2.45, 2.75) is 39.3 Å². The molecule has 3 N–H and O–H groups in total. The fraction of sp³-hybridized carbons (Fsp3) is 0.500. The van der Waals surface area contributed by atoms with Crippen molar-refractivity contribution >= 4 is 0 Å². The maximum absolute atomic E-state index is 9.98. The van der Waals surface area contributed by atoms with Gasteiger partial charge in [0.2, 0.25) is 0 Å². The fourth-order valence-electron chi connectivity index (χ4n) is 1.60.